The number of unbranched alkanes of at least 4 members (excludes halogenated alkanes) is 4. The Morgan fingerprint density at radius 3 is 2.48 bits per heavy atom. The van der Waals surface area contributed by atoms with E-state index >= 15 is 0 Å². The number of aryl methyl sites for hydroxylation is 1. The van der Waals surface area contributed by atoms with E-state index in [0.717, 1.165) is 36.9 Å². The van der Waals surface area contributed by atoms with Crippen LogP contribution >= 0.6 is 0 Å². The molecule has 1 N–H and O–H groups in total. The molecule has 156 valence electrons. The van der Waals surface area contributed by atoms with Crippen molar-refractivity contribution in [2.24, 2.45) is 0 Å². The summed E-state index contributed by atoms with van der Waals surface area (Å²) in [5.41, 5.74) is 5.23. The SMILES string of the molecule is CCCCCCCOC(=O)c1[nH]c2c(c1C)C(=O)C[C@@H](c1ccc(CC)cc1)C2. The van der Waals surface area contributed by atoms with Gasteiger partial charge < -0.3 is 9.72 Å². The van der Waals surface area contributed by atoms with Gasteiger partial charge in [-0.15, -0.1) is 0 Å². The quantitative estimate of drug-likeness (QED) is 0.423. The summed E-state index contributed by atoms with van der Waals surface area (Å²) in [6.45, 7) is 6.61. The van der Waals surface area contributed by atoms with Crippen LogP contribution < -0.4 is 0 Å². The van der Waals surface area contributed by atoms with Crippen molar-refractivity contribution in [2.75, 3.05) is 6.61 Å². The number of rotatable bonds is 9. The van der Waals surface area contributed by atoms with Gasteiger partial charge in [-0.1, -0.05) is 63.8 Å². The first kappa shape index (κ1) is 21.4. The Kier molecular flexibility index (Phi) is 7.29. The van der Waals surface area contributed by atoms with Crippen molar-refractivity contribution >= 4 is 11.8 Å². The molecular weight excluding hydrogens is 362 g/mol. The van der Waals surface area contributed by atoms with Gasteiger partial charge in [-0.05, 0) is 48.8 Å². The van der Waals surface area contributed by atoms with Gasteiger partial charge in [0, 0.05) is 17.7 Å². The lowest BCUT2D eigenvalue weighted by Crippen LogP contribution is -2.18. The summed E-state index contributed by atoms with van der Waals surface area (Å²) in [6.07, 6.45) is 7.82. The minimum Gasteiger partial charge on any atom is -0.461 e. The molecule has 0 fully saturated rings. The number of H-pyrrole nitrogens is 1. The van der Waals surface area contributed by atoms with E-state index in [1.807, 2.05) is 6.92 Å². The molecule has 1 aromatic heterocycles. The number of carbonyl (C=O) groups excluding carboxylic acids is 2. The van der Waals surface area contributed by atoms with Crippen LogP contribution in [0.3, 0.4) is 0 Å². The standard InChI is InChI=1S/C25H33NO3/c1-4-6-7-8-9-14-29-25(28)24-17(3)23-21(26-24)15-20(16-22(23)27)19-12-10-18(5-2)11-13-19/h10-13,20,26H,4-9,14-16H2,1-3H3/t20-/m0/s1. The molecular formula is C25H33NO3. The summed E-state index contributed by atoms with van der Waals surface area (Å²) in [5.74, 6) is -0.0754. The summed E-state index contributed by atoms with van der Waals surface area (Å²) >= 11 is 0. The highest BCUT2D eigenvalue weighted by molar-refractivity contribution is 6.03. The third-order valence-electron chi connectivity index (χ3n) is 6.03. The third-order valence-corrected chi connectivity index (χ3v) is 6.03. The van der Waals surface area contributed by atoms with E-state index in [9.17, 15) is 9.59 Å². The molecule has 1 heterocycles. The number of benzene rings is 1. The number of fused-ring (bicyclic) bond motifs is 1. The summed E-state index contributed by atoms with van der Waals surface area (Å²) < 4.78 is 5.46. The van der Waals surface area contributed by atoms with Gasteiger partial charge in [-0.2, -0.15) is 0 Å². The average molecular weight is 396 g/mol. The van der Waals surface area contributed by atoms with Crippen LogP contribution in [-0.4, -0.2) is 23.3 Å². The van der Waals surface area contributed by atoms with Crippen molar-refractivity contribution in [3.63, 3.8) is 0 Å². The average Bonchev–Trinajstić information content (AvgIpc) is 3.07. The molecule has 4 nitrogen and oxygen atoms in total. The zero-order chi connectivity index (χ0) is 20.8. The van der Waals surface area contributed by atoms with Gasteiger partial charge in [0.2, 0.25) is 0 Å². The lowest BCUT2D eigenvalue weighted by atomic mass is 9.81. The van der Waals surface area contributed by atoms with Crippen LogP contribution in [0.5, 0.6) is 0 Å². The highest BCUT2D eigenvalue weighted by Crippen LogP contribution is 2.35. The molecule has 2 aromatic rings. The predicted molar refractivity (Wildman–Crippen MR) is 116 cm³/mol. The second-order valence-electron chi connectivity index (χ2n) is 8.15. The summed E-state index contributed by atoms with van der Waals surface area (Å²) in [7, 11) is 0. The molecule has 0 spiro atoms. The Morgan fingerprint density at radius 1 is 1.07 bits per heavy atom. The lowest BCUT2D eigenvalue weighted by Gasteiger charge is -2.22. The minimum atomic E-state index is -0.343. The van der Waals surface area contributed by atoms with E-state index in [1.165, 1.54) is 30.4 Å². The fraction of sp³-hybridized carbons (Fsp3) is 0.520. The van der Waals surface area contributed by atoms with Crippen LogP contribution in [-0.2, 0) is 17.6 Å². The smallest absolute Gasteiger partial charge is 0.355 e. The Labute approximate surface area is 174 Å². The highest BCUT2D eigenvalue weighted by atomic mass is 16.5. The first-order valence-corrected chi connectivity index (χ1v) is 11.1. The summed E-state index contributed by atoms with van der Waals surface area (Å²) in [4.78, 5) is 28.6. The maximum atomic E-state index is 12.8. The van der Waals surface area contributed by atoms with Gasteiger partial charge in [0.05, 0.1) is 6.61 Å². The molecule has 0 amide bonds. The van der Waals surface area contributed by atoms with Gasteiger partial charge in [-0.25, -0.2) is 4.79 Å². The van der Waals surface area contributed by atoms with Crippen LogP contribution in [0.15, 0.2) is 24.3 Å². The zero-order valence-corrected chi connectivity index (χ0v) is 18.0. The monoisotopic (exact) mass is 395 g/mol. The first-order chi connectivity index (χ1) is 14.0. The van der Waals surface area contributed by atoms with E-state index in [2.05, 4.69) is 43.1 Å². The highest BCUT2D eigenvalue weighted by Gasteiger charge is 2.32. The molecule has 0 unspecified atom stereocenters. The first-order valence-electron chi connectivity index (χ1n) is 11.1. The molecule has 0 radical (unpaired) electrons. The number of nitrogens with one attached hydrogen (secondary N) is 1. The van der Waals surface area contributed by atoms with E-state index in [-0.39, 0.29) is 17.7 Å². The van der Waals surface area contributed by atoms with E-state index in [1.54, 1.807) is 0 Å². The second-order valence-corrected chi connectivity index (χ2v) is 8.15. The second kappa shape index (κ2) is 9.91. The number of ether oxygens (including phenoxy) is 1. The summed E-state index contributed by atoms with van der Waals surface area (Å²) in [6, 6.07) is 8.54. The molecule has 29 heavy (non-hydrogen) atoms. The largest absolute Gasteiger partial charge is 0.461 e. The van der Waals surface area contributed by atoms with E-state index < -0.39 is 0 Å². The van der Waals surface area contributed by atoms with Crippen molar-refractivity contribution in [1.82, 2.24) is 4.98 Å². The van der Waals surface area contributed by atoms with Crippen LogP contribution in [0.25, 0.3) is 0 Å². The number of carbonyl (C=O) groups is 2. The Morgan fingerprint density at radius 2 is 1.79 bits per heavy atom. The zero-order valence-electron chi connectivity index (χ0n) is 18.0. The van der Waals surface area contributed by atoms with Gasteiger partial charge in [0.1, 0.15) is 5.69 Å². The molecule has 4 heteroatoms. The van der Waals surface area contributed by atoms with Gasteiger partial charge in [0.15, 0.2) is 5.78 Å². The number of esters is 1. The topological polar surface area (TPSA) is 59.2 Å². The number of aromatic nitrogens is 1. The molecule has 0 saturated carbocycles. The number of hydrogen-bond acceptors (Lipinski definition) is 3. The maximum Gasteiger partial charge on any atom is 0.355 e. The number of hydrogen-bond donors (Lipinski definition) is 1. The Hall–Kier alpha value is -2.36. The van der Waals surface area contributed by atoms with E-state index in [0.29, 0.717) is 24.3 Å². The van der Waals surface area contributed by atoms with Crippen LogP contribution in [0.2, 0.25) is 0 Å². The van der Waals surface area contributed by atoms with E-state index in [4.69, 9.17) is 4.74 Å². The molecule has 0 saturated heterocycles. The molecule has 1 aromatic carbocycles. The molecule has 0 bridgehead atoms. The third kappa shape index (κ3) is 4.98. The van der Waals surface area contributed by atoms with Crippen molar-refractivity contribution < 1.29 is 14.3 Å². The van der Waals surface area contributed by atoms with Gasteiger partial charge in [-0.3, -0.25) is 4.79 Å². The number of aromatic amines is 1. The molecule has 1 aliphatic carbocycles. The lowest BCUT2D eigenvalue weighted by molar-refractivity contribution is 0.0490. The van der Waals surface area contributed by atoms with Crippen LogP contribution in [0.1, 0.15) is 102 Å². The van der Waals surface area contributed by atoms with Crippen LogP contribution in [0.4, 0.5) is 0 Å². The molecule has 1 aliphatic rings. The maximum absolute atomic E-state index is 12.8. The fourth-order valence-electron chi connectivity index (χ4n) is 4.24. The molecule has 1 atom stereocenters. The van der Waals surface area contributed by atoms with Crippen molar-refractivity contribution in [3.05, 3.63) is 57.9 Å². The Bertz CT molecular complexity index is 848. The summed E-state index contributed by atoms with van der Waals surface area (Å²) in [5, 5.41) is 0. The fourth-order valence-corrected chi connectivity index (χ4v) is 4.24. The van der Waals surface area contributed by atoms with Gasteiger partial charge in [0.25, 0.3) is 0 Å². The normalized spacial score (nSPS) is 16.0. The van der Waals surface area contributed by atoms with Crippen molar-refractivity contribution in [2.45, 2.75) is 78.1 Å². The Balaban J connectivity index is 1.67. The minimum absolute atomic E-state index is 0.114. The van der Waals surface area contributed by atoms with Crippen LogP contribution in [0, 0.1) is 6.92 Å². The van der Waals surface area contributed by atoms with Gasteiger partial charge >= 0.3 is 5.97 Å². The number of Topliss-reactive ketones (excluding diaryl/α,β-unsaturated/α-hetero) is 1. The van der Waals surface area contributed by atoms with Crippen molar-refractivity contribution in [3.8, 4) is 0 Å². The molecule has 3 rings (SSSR count). The number of ketones is 1. The molecule has 0 aliphatic heterocycles. The van der Waals surface area contributed by atoms with Crippen molar-refractivity contribution in [1.29, 1.82) is 0 Å². The predicted octanol–water partition coefficient (Wildman–Crippen LogP) is 5.93.